The molecule has 0 amide bonds. The molecule has 0 spiro atoms. The number of thiazole rings is 1. The van der Waals surface area contributed by atoms with Gasteiger partial charge in [0.1, 0.15) is 0 Å². The van der Waals surface area contributed by atoms with E-state index in [1.165, 1.54) is 24.7 Å². The number of nitrogens with one attached hydrogen (secondary N) is 1. The molecule has 0 aliphatic rings. The Morgan fingerprint density at radius 2 is 2.08 bits per heavy atom. The monoisotopic (exact) mass is 437 g/mol. The number of hydrogen-bond donors (Lipinski definition) is 2. The van der Waals surface area contributed by atoms with Gasteiger partial charge in [0.15, 0.2) is 11.5 Å². The highest BCUT2D eigenvalue weighted by Gasteiger charge is 2.08. The van der Waals surface area contributed by atoms with E-state index in [4.69, 9.17) is 16.3 Å². The molecule has 8 heteroatoms. The number of phenolic OH excluding ortho intramolecular Hbond substituents is 1. The van der Waals surface area contributed by atoms with E-state index in [0.29, 0.717) is 21.5 Å². The number of nitrogens with zero attached hydrogens (tertiary/aromatic N) is 2. The molecule has 2 aromatic carbocycles. The maximum absolute atomic E-state index is 10.1. The molecule has 0 aliphatic heterocycles. The topological polar surface area (TPSA) is 66.7 Å². The Bertz CT molecular complexity index is 913. The van der Waals surface area contributed by atoms with Crippen LogP contribution in [0.15, 0.2) is 51.4 Å². The highest BCUT2D eigenvalue weighted by atomic mass is 79.9. The fraction of sp³-hybridized carbons (Fsp3) is 0.0588. The molecular formula is C17H13BrClN3O2S. The average molecular weight is 439 g/mol. The van der Waals surface area contributed by atoms with E-state index in [2.05, 4.69) is 31.4 Å². The summed E-state index contributed by atoms with van der Waals surface area (Å²) in [5.74, 6) is 0.396. The minimum Gasteiger partial charge on any atom is -0.504 e. The van der Waals surface area contributed by atoms with Crippen molar-refractivity contribution in [1.29, 1.82) is 0 Å². The summed E-state index contributed by atoms with van der Waals surface area (Å²) in [7, 11) is 1.49. The molecule has 0 atom stereocenters. The van der Waals surface area contributed by atoms with Crippen molar-refractivity contribution in [3.63, 3.8) is 0 Å². The first-order chi connectivity index (χ1) is 12.1. The fourth-order valence-electron chi connectivity index (χ4n) is 2.08. The van der Waals surface area contributed by atoms with Gasteiger partial charge in [-0.25, -0.2) is 4.98 Å². The second-order valence-corrected chi connectivity index (χ2v) is 7.17. The molecular weight excluding hydrogens is 426 g/mol. The number of hydrogen-bond acceptors (Lipinski definition) is 6. The Hall–Kier alpha value is -2.09. The Morgan fingerprint density at radius 3 is 2.80 bits per heavy atom. The number of rotatable bonds is 5. The number of ether oxygens (including phenoxy) is 1. The zero-order valence-electron chi connectivity index (χ0n) is 13.0. The van der Waals surface area contributed by atoms with Gasteiger partial charge in [-0.3, -0.25) is 5.43 Å². The van der Waals surface area contributed by atoms with Crippen molar-refractivity contribution >= 4 is 50.2 Å². The lowest BCUT2D eigenvalue weighted by molar-refractivity contribution is 0.373. The summed E-state index contributed by atoms with van der Waals surface area (Å²) in [6.07, 6.45) is 1.51. The van der Waals surface area contributed by atoms with Crippen molar-refractivity contribution in [2.45, 2.75) is 0 Å². The lowest BCUT2D eigenvalue weighted by Gasteiger charge is -2.06. The van der Waals surface area contributed by atoms with E-state index in [9.17, 15) is 5.11 Å². The Kier molecular flexibility index (Phi) is 5.57. The number of phenols is 1. The van der Waals surface area contributed by atoms with Crippen LogP contribution >= 0.6 is 38.9 Å². The summed E-state index contributed by atoms with van der Waals surface area (Å²) >= 11 is 10.7. The van der Waals surface area contributed by atoms with E-state index in [0.717, 1.165) is 15.7 Å². The van der Waals surface area contributed by atoms with Crippen molar-refractivity contribution < 1.29 is 9.84 Å². The van der Waals surface area contributed by atoms with Crippen molar-refractivity contribution in [2.75, 3.05) is 12.5 Å². The molecule has 1 heterocycles. The van der Waals surface area contributed by atoms with Crippen LogP contribution in [0, 0.1) is 0 Å². The zero-order chi connectivity index (χ0) is 17.8. The number of halogens is 2. The second kappa shape index (κ2) is 7.86. The molecule has 0 saturated carbocycles. The van der Waals surface area contributed by atoms with Crippen LogP contribution in [0.4, 0.5) is 5.13 Å². The molecule has 3 aromatic rings. The highest BCUT2D eigenvalue weighted by molar-refractivity contribution is 9.10. The Morgan fingerprint density at radius 1 is 1.32 bits per heavy atom. The van der Waals surface area contributed by atoms with E-state index >= 15 is 0 Å². The lowest BCUT2D eigenvalue weighted by atomic mass is 10.2. The molecule has 0 radical (unpaired) electrons. The largest absolute Gasteiger partial charge is 0.504 e. The zero-order valence-corrected chi connectivity index (χ0v) is 16.2. The summed E-state index contributed by atoms with van der Waals surface area (Å²) in [6, 6.07) is 10.9. The molecule has 2 N–H and O–H groups in total. The van der Waals surface area contributed by atoms with E-state index in [1.54, 1.807) is 12.1 Å². The van der Waals surface area contributed by atoms with Gasteiger partial charge in [0.25, 0.3) is 0 Å². The number of aromatic nitrogens is 1. The standard InChI is InChI=1S/C17H13BrClN3O2S/c1-24-15-7-12(18)6-11(16(15)23)8-20-22-17-21-14(9-25-17)10-2-4-13(19)5-3-10/h2-9,23H,1H3,(H,21,22)/b20-8+. The third kappa shape index (κ3) is 4.31. The molecule has 0 aliphatic carbocycles. The van der Waals surface area contributed by atoms with E-state index < -0.39 is 0 Å². The lowest BCUT2D eigenvalue weighted by Crippen LogP contribution is -1.93. The van der Waals surface area contributed by atoms with Gasteiger partial charge < -0.3 is 9.84 Å². The number of methoxy groups -OCH3 is 1. The van der Waals surface area contributed by atoms with Crippen LogP contribution in [0.25, 0.3) is 11.3 Å². The molecule has 0 unspecified atom stereocenters. The Balaban J connectivity index is 1.73. The van der Waals surface area contributed by atoms with Crippen LogP contribution in [-0.2, 0) is 0 Å². The summed E-state index contributed by atoms with van der Waals surface area (Å²) in [6.45, 7) is 0. The smallest absolute Gasteiger partial charge is 0.203 e. The fourth-order valence-corrected chi connectivity index (χ4v) is 3.33. The van der Waals surface area contributed by atoms with Crippen molar-refractivity contribution in [2.24, 2.45) is 5.10 Å². The van der Waals surface area contributed by atoms with Crippen LogP contribution in [0.5, 0.6) is 11.5 Å². The van der Waals surface area contributed by atoms with Crippen LogP contribution in [0.3, 0.4) is 0 Å². The second-order valence-electron chi connectivity index (χ2n) is 4.96. The van der Waals surface area contributed by atoms with Crippen molar-refractivity contribution in [3.05, 3.63) is 56.8 Å². The first kappa shape index (κ1) is 17.7. The van der Waals surface area contributed by atoms with Gasteiger partial charge >= 0.3 is 0 Å². The van der Waals surface area contributed by atoms with Gasteiger partial charge in [-0.05, 0) is 24.3 Å². The molecule has 128 valence electrons. The molecule has 0 bridgehead atoms. The van der Waals surface area contributed by atoms with Gasteiger partial charge in [-0.1, -0.05) is 39.7 Å². The molecule has 0 saturated heterocycles. The quantitative estimate of drug-likeness (QED) is 0.414. The third-order valence-corrected chi connectivity index (χ3v) is 4.75. The van der Waals surface area contributed by atoms with E-state index in [1.807, 2.05) is 29.6 Å². The number of hydrazone groups is 1. The van der Waals surface area contributed by atoms with Crippen molar-refractivity contribution in [3.8, 4) is 22.8 Å². The van der Waals surface area contributed by atoms with Gasteiger partial charge in [-0.2, -0.15) is 5.10 Å². The third-order valence-electron chi connectivity index (χ3n) is 3.30. The molecule has 0 fully saturated rings. The maximum Gasteiger partial charge on any atom is 0.203 e. The Labute approximate surface area is 162 Å². The number of aromatic hydroxyl groups is 1. The normalized spacial score (nSPS) is 11.0. The summed E-state index contributed by atoms with van der Waals surface area (Å²) in [4.78, 5) is 4.47. The van der Waals surface area contributed by atoms with E-state index in [-0.39, 0.29) is 5.75 Å². The summed E-state index contributed by atoms with van der Waals surface area (Å²) < 4.78 is 5.89. The average Bonchev–Trinajstić information content (AvgIpc) is 3.07. The van der Waals surface area contributed by atoms with Crippen LogP contribution in [-0.4, -0.2) is 23.4 Å². The summed E-state index contributed by atoms with van der Waals surface area (Å²) in [5, 5.41) is 17.5. The van der Waals surface area contributed by atoms with Gasteiger partial charge in [0.05, 0.1) is 19.0 Å². The molecule has 25 heavy (non-hydrogen) atoms. The SMILES string of the molecule is COc1cc(Br)cc(/C=N/Nc2nc(-c3ccc(Cl)cc3)cs2)c1O. The van der Waals surface area contributed by atoms with Crippen LogP contribution in [0.2, 0.25) is 5.02 Å². The van der Waals surface area contributed by atoms with Crippen molar-refractivity contribution in [1.82, 2.24) is 4.98 Å². The minimum absolute atomic E-state index is 0.0252. The predicted molar refractivity (Wildman–Crippen MR) is 106 cm³/mol. The number of anilines is 1. The predicted octanol–water partition coefficient (Wildman–Crippen LogP) is 5.39. The van der Waals surface area contributed by atoms with Gasteiger partial charge in [-0.15, -0.1) is 11.3 Å². The first-order valence-corrected chi connectivity index (χ1v) is 9.19. The minimum atomic E-state index is 0.0252. The summed E-state index contributed by atoms with van der Waals surface area (Å²) in [5.41, 5.74) is 5.20. The molecule has 5 nitrogen and oxygen atoms in total. The molecule has 3 rings (SSSR count). The molecule has 1 aromatic heterocycles. The highest BCUT2D eigenvalue weighted by Crippen LogP contribution is 2.32. The van der Waals surface area contributed by atoms with Crippen LogP contribution in [0.1, 0.15) is 5.56 Å². The van der Waals surface area contributed by atoms with Gasteiger partial charge in [0, 0.05) is 26.0 Å². The van der Waals surface area contributed by atoms with Crippen LogP contribution < -0.4 is 10.2 Å². The number of benzene rings is 2. The first-order valence-electron chi connectivity index (χ1n) is 7.14. The maximum atomic E-state index is 10.1. The van der Waals surface area contributed by atoms with Gasteiger partial charge in [0.2, 0.25) is 5.13 Å².